The molecule has 2 saturated heterocycles. The van der Waals surface area contributed by atoms with Crippen LogP contribution in [0.5, 0.6) is 0 Å². The minimum atomic E-state index is -1.23. The number of benzene rings is 1. The van der Waals surface area contributed by atoms with Crippen LogP contribution in [0.2, 0.25) is 0 Å². The third-order valence-corrected chi connectivity index (χ3v) is 13.2. The van der Waals surface area contributed by atoms with Gasteiger partial charge in [-0.1, -0.05) is 51.1 Å². The first-order valence-electron chi connectivity index (χ1n) is 21.9. The molecular formula is C46H71N3O12. The predicted molar refractivity (Wildman–Crippen MR) is 225 cm³/mol. The fraction of sp³-hybridized carbons (Fsp3) is 0.739. The van der Waals surface area contributed by atoms with E-state index in [9.17, 15) is 24.3 Å². The fourth-order valence-electron chi connectivity index (χ4n) is 9.16. The molecule has 342 valence electrons. The highest BCUT2D eigenvalue weighted by Crippen LogP contribution is 2.41. The average molecular weight is 858 g/mol. The number of methoxy groups -OCH3 is 1. The molecule has 2 N–H and O–H groups in total. The van der Waals surface area contributed by atoms with Crippen LogP contribution >= 0.6 is 0 Å². The summed E-state index contributed by atoms with van der Waals surface area (Å²) in [7, 11) is 5.60. The second kappa shape index (κ2) is 19.7. The summed E-state index contributed by atoms with van der Waals surface area (Å²) in [5.74, 6) is -3.26. The molecule has 1 aromatic rings. The minimum Gasteiger partial charge on any atom is -0.457 e. The number of ether oxygens (including phenoxy) is 7. The van der Waals surface area contributed by atoms with Gasteiger partial charge in [-0.15, -0.1) is 0 Å². The Hall–Kier alpha value is -3.76. The number of aliphatic hydroxyl groups excluding tert-OH is 1. The van der Waals surface area contributed by atoms with Gasteiger partial charge in [0.25, 0.3) is 0 Å². The summed E-state index contributed by atoms with van der Waals surface area (Å²) in [4.78, 5) is 57.0. The Bertz CT molecular complexity index is 1730. The van der Waals surface area contributed by atoms with E-state index in [1.165, 1.54) is 0 Å². The number of hydrogen-bond acceptors (Lipinski definition) is 13. The molecule has 1 aromatic carbocycles. The van der Waals surface area contributed by atoms with Crippen molar-refractivity contribution in [3.05, 3.63) is 47.2 Å². The Balaban J connectivity index is 1.39. The van der Waals surface area contributed by atoms with E-state index in [4.69, 9.17) is 33.2 Å². The molecule has 4 aliphatic rings. The van der Waals surface area contributed by atoms with E-state index in [2.05, 4.69) is 17.1 Å². The highest BCUT2D eigenvalue weighted by molar-refractivity contribution is 5.89. The highest BCUT2D eigenvalue weighted by Gasteiger charge is 2.53. The van der Waals surface area contributed by atoms with Crippen molar-refractivity contribution in [2.45, 2.75) is 174 Å². The van der Waals surface area contributed by atoms with E-state index >= 15 is 0 Å². The molecule has 15 heteroatoms. The zero-order valence-corrected chi connectivity index (χ0v) is 38.4. The van der Waals surface area contributed by atoms with Crippen molar-refractivity contribution in [2.75, 3.05) is 27.7 Å². The molecule has 3 heterocycles. The zero-order valence-electron chi connectivity index (χ0n) is 38.4. The van der Waals surface area contributed by atoms with Crippen molar-refractivity contribution in [1.82, 2.24) is 15.1 Å². The van der Waals surface area contributed by atoms with Crippen LogP contribution < -0.4 is 5.32 Å². The fourth-order valence-corrected chi connectivity index (χ4v) is 9.16. The number of rotatable bonds is 19. The molecule has 3 aliphatic heterocycles. The molecule has 4 unspecified atom stereocenters. The number of carbonyl (C=O) groups excluding carboxylic acids is 4. The predicted octanol–water partition coefficient (Wildman–Crippen LogP) is 5.86. The van der Waals surface area contributed by atoms with Crippen LogP contribution in [0.4, 0.5) is 4.79 Å². The number of esters is 2. The normalized spacial score (nSPS) is 29.4. The Morgan fingerprint density at radius 3 is 2.34 bits per heavy atom. The van der Waals surface area contributed by atoms with Crippen molar-refractivity contribution in [2.24, 2.45) is 17.8 Å². The molecule has 2 amide bonds. The van der Waals surface area contributed by atoms with E-state index in [1.54, 1.807) is 46.6 Å². The van der Waals surface area contributed by atoms with E-state index in [0.717, 1.165) is 18.4 Å². The number of carbonyl (C=O) groups is 4. The number of nitrogens with one attached hydrogen (secondary N) is 1. The zero-order chi connectivity index (χ0) is 45.0. The number of nitrogens with zero attached hydrogens (tertiary/aromatic N) is 2. The van der Waals surface area contributed by atoms with Crippen LogP contribution in [0.25, 0.3) is 0 Å². The summed E-state index contributed by atoms with van der Waals surface area (Å²) in [5, 5.41) is 13.9. The summed E-state index contributed by atoms with van der Waals surface area (Å²) in [6.45, 7) is 16.6. The maximum Gasteiger partial charge on any atom is 0.410 e. The first-order valence-corrected chi connectivity index (χ1v) is 21.9. The second-order valence-corrected chi connectivity index (χ2v) is 18.8. The Morgan fingerprint density at radius 1 is 1.07 bits per heavy atom. The van der Waals surface area contributed by atoms with E-state index < -0.39 is 71.4 Å². The van der Waals surface area contributed by atoms with E-state index in [0.29, 0.717) is 30.7 Å². The minimum absolute atomic E-state index is 0.00920. The summed E-state index contributed by atoms with van der Waals surface area (Å²) in [6, 6.07) is 9.17. The Morgan fingerprint density at radius 2 is 1.74 bits per heavy atom. The standard InChI is InChI=1S/C46H71N3O12/c1-13-37(50)46(9)34(22-39(51)60-46)30(5)47-40(52)27(2)24-45(8,55-12)38(23-36-29(4)41(53)61-44(6,7)59-36)58-42-28(3)35(48(10)11)21-33(57-42)25-49(32-19-20-32)43(54)56-26-31-17-15-14-16-18-31/h14-18,27-28,30,32-35,37-38,42,50H,13,19-26H2,1-12H3,(H,47,52)/t27-,28?,30-,33?,34-,35?,37-,38-,42?,45-,46+/m1/s1. The van der Waals surface area contributed by atoms with Crippen LogP contribution in [0.3, 0.4) is 0 Å². The molecule has 0 aromatic heterocycles. The van der Waals surface area contributed by atoms with Gasteiger partial charge in [-0.25, -0.2) is 9.59 Å². The third-order valence-electron chi connectivity index (χ3n) is 13.2. The number of amides is 2. The van der Waals surface area contributed by atoms with Crippen molar-refractivity contribution in [3.63, 3.8) is 0 Å². The number of aliphatic hydroxyl groups is 1. The summed E-state index contributed by atoms with van der Waals surface area (Å²) >= 11 is 0. The smallest absolute Gasteiger partial charge is 0.410 e. The molecule has 5 rings (SSSR count). The molecule has 0 bridgehead atoms. The largest absolute Gasteiger partial charge is 0.457 e. The Labute approximate surface area is 362 Å². The maximum absolute atomic E-state index is 14.0. The van der Waals surface area contributed by atoms with Gasteiger partial charge in [0.05, 0.1) is 42.5 Å². The van der Waals surface area contributed by atoms with E-state index in [-0.39, 0.29) is 55.9 Å². The summed E-state index contributed by atoms with van der Waals surface area (Å²) in [5.41, 5.74) is -1.08. The van der Waals surface area contributed by atoms with Gasteiger partial charge in [-0.2, -0.15) is 0 Å². The molecule has 11 atom stereocenters. The summed E-state index contributed by atoms with van der Waals surface area (Å²) < 4.78 is 43.4. The Kier molecular flexibility index (Phi) is 15.6. The SMILES string of the molecule is CC[C@@H](O)[C@@]1(C)OC(=O)C[C@@H]1[C@@H](C)NC(=O)[C@H](C)C[C@@](C)(OC)[C@@H](CC1=C(C)C(=O)OC(C)(C)O1)OC1OC(CN(C(=O)OCc2ccccc2)C2CC2)CC(N(C)C)C1C. The van der Waals surface area contributed by atoms with Crippen molar-refractivity contribution >= 4 is 23.9 Å². The average Bonchev–Trinajstić information content (AvgIpc) is 4.00. The van der Waals surface area contributed by atoms with Crippen molar-refractivity contribution in [1.29, 1.82) is 0 Å². The maximum atomic E-state index is 14.0. The third kappa shape index (κ3) is 11.6. The molecule has 15 nitrogen and oxygen atoms in total. The first-order chi connectivity index (χ1) is 28.6. The number of hydrogen-bond donors (Lipinski definition) is 2. The second-order valence-electron chi connectivity index (χ2n) is 18.8. The van der Waals surface area contributed by atoms with Crippen LogP contribution in [0.15, 0.2) is 41.7 Å². The van der Waals surface area contributed by atoms with Gasteiger partial charge in [0.2, 0.25) is 11.7 Å². The molecule has 1 aliphatic carbocycles. The lowest BCUT2D eigenvalue weighted by molar-refractivity contribution is -0.280. The highest BCUT2D eigenvalue weighted by atomic mass is 16.7. The van der Waals surface area contributed by atoms with E-state index in [1.807, 2.05) is 65.2 Å². The lowest BCUT2D eigenvalue weighted by Gasteiger charge is -2.47. The van der Waals surface area contributed by atoms with Crippen LogP contribution in [0.1, 0.15) is 113 Å². The van der Waals surface area contributed by atoms with Crippen molar-refractivity contribution < 1.29 is 57.4 Å². The monoisotopic (exact) mass is 858 g/mol. The van der Waals surface area contributed by atoms with Gasteiger partial charge in [-0.05, 0) is 79.5 Å². The molecule has 0 spiro atoms. The van der Waals surface area contributed by atoms with Gasteiger partial charge in [0.1, 0.15) is 18.0 Å². The topological polar surface area (TPSA) is 172 Å². The van der Waals surface area contributed by atoms with Crippen molar-refractivity contribution in [3.8, 4) is 0 Å². The van der Waals surface area contributed by atoms with Crippen LogP contribution in [-0.4, -0.2) is 126 Å². The summed E-state index contributed by atoms with van der Waals surface area (Å²) in [6.07, 6.45) is -0.116. The number of cyclic esters (lactones) is 2. The first kappa shape index (κ1) is 48.3. The molecule has 1 saturated carbocycles. The van der Waals surface area contributed by atoms with Gasteiger partial charge < -0.3 is 53.4 Å². The van der Waals surface area contributed by atoms with Gasteiger partial charge in [0, 0.05) is 63.3 Å². The quantitative estimate of drug-likeness (QED) is 0.125. The molecule has 0 radical (unpaired) electrons. The van der Waals surface area contributed by atoms with Crippen LogP contribution in [-0.2, 0) is 54.1 Å². The lowest BCUT2D eigenvalue weighted by Crippen LogP contribution is -2.56. The molecular weight excluding hydrogens is 787 g/mol. The van der Waals surface area contributed by atoms with Gasteiger partial charge in [-0.3, -0.25) is 9.59 Å². The van der Waals surface area contributed by atoms with Crippen LogP contribution in [0, 0.1) is 17.8 Å². The molecule has 61 heavy (non-hydrogen) atoms. The molecule has 3 fully saturated rings. The lowest BCUT2D eigenvalue weighted by atomic mass is 9.78. The van der Waals surface area contributed by atoms with Gasteiger partial charge >= 0.3 is 18.0 Å². The van der Waals surface area contributed by atoms with Gasteiger partial charge in [0.15, 0.2) is 6.29 Å².